The quantitative estimate of drug-likeness (QED) is 0.629. The van der Waals surface area contributed by atoms with Crippen LogP contribution in [0.25, 0.3) is 0 Å². The lowest BCUT2D eigenvalue weighted by Gasteiger charge is -2.35. The van der Waals surface area contributed by atoms with E-state index < -0.39 is 5.60 Å². The second-order valence-electron chi connectivity index (χ2n) is 4.83. The fourth-order valence-corrected chi connectivity index (χ4v) is 2.17. The first-order valence-electron chi connectivity index (χ1n) is 4.96. The monoisotopic (exact) mass is 311 g/mol. The van der Waals surface area contributed by atoms with Crippen LogP contribution < -0.4 is 5.32 Å². The molecule has 14 heavy (non-hydrogen) atoms. The van der Waals surface area contributed by atoms with Crippen molar-refractivity contribution in [3.8, 4) is 0 Å². The van der Waals surface area contributed by atoms with E-state index in [1.807, 2.05) is 20.8 Å². The summed E-state index contributed by atoms with van der Waals surface area (Å²) in [6, 6.07) is 0.338. The minimum absolute atomic E-state index is 0.283. The van der Waals surface area contributed by atoms with E-state index in [-0.39, 0.29) is 6.09 Å². The average Bonchev–Trinajstić information content (AvgIpc) is 1.91. The predicted octanol–water partition coefficient (Wildman–Crippen LogP) is 2.72. The van der Waals surface area contributed by atoms with Crippen molar-refractivity contribution >= 4 is 28.7 Å². The van der Waals surface area contributed by atoms with E-state index >= 15 is 0 Å². The molecule has 0 aromatic heterocycles. The molecule has 0 spiro atoms. The molecule has 0 saturated heterocycles. The molecule has 0 radical (unpaired) electrons. The molecule has 0 unspecified atom stereocenters. The van der Waals surface area contributed by atoms with Crippen LogP contribution in [-0.4, -0.2) is 22.2 Å². The highest BCUT2D eigenvalue weighted by atomic mass is 127. The Morgan fingerprint density at radius 3 is 2.50 bits per heavy atom. The van der Waals surface area contributed by atoms with E-state index in [1.54, 1.807) is 0 Å². The third-order valence-electron chi connectivity index (χ3n) is 2.17. The highest BCUT2D eigenvalue weighted by Crippen LogP contribution is 2.29. The third kappa shape index (κ3) is 4.02. The largest absolute Gasteiger partial charge is 0.444 e. The summed E-state index contributed by atoms with van der Waals surface area (Å²) < 4.78 is 6.35. The molecule has 0 atom stereocenters. The molecule has 0 aliphatic heterocycles. The molecule has 0 bridgehead atoms. The van der Waals surface area contributed by atoms with Crippen LogP contribution in [0.5, 0.6) is 0 Å². The summed E-state index contributed by atoms with van der Waals surface area (Å²) in [4.78, 5) is 11.3. The molecule has 1 saturated carbocycles. The van der Waals surface area contributed by atoms with E-state index in [0.29, 0.717) is 6.04 Å². The van der Waals surface area contributed by atoms with Gasteiger partial charge in [-0.1, -0.05) is 22.6 Å². The van der Waals surface area contributed by atoms with Crippen molar-refractivity contribution in [1.29, 1.82) is 0 Å². The highest BCUT2D eigenvalue weighted by molar-refractivity contribution is 14.1. The number of nitrogens with one attached hydrogen (secondary N) is 1. The van der Waals surface area contributed by atoms with Crippen molar-refractivity contribution in [1.82, 2.24) is 5.32 Å². The number of ether oxygens (including phenoxy) is 1. The molecule has 1 aliphatic carbocycles. The Bertz CT molecular complexity index is 207. The van der Waals surface area contributed by atoms with Crippen LogP contribution in [0.1, 0.15) is 33.6 Å². The van der Waals surface area contributed by atoms with Crippen molar-refractivity contribution in [2.24, 2.45) is 5.92 Å². The SMILES string of the molecule is CC(C)(C)OC(=O)N[C@H]1C[C@H](CI)C1. The van der Waals surface area contributed by atoms with Gasteiger partial charge < -0.3 is 10.1 Å². The van der Waals surface area contributed by atoms with Gasteiger partial charge in [0.1, 0.15) is 5.60 Å². The van der Waals surface area contributed by atoms with Crippen molar-refractivity contribution in [3.63, 3.8) is 0 Å². The Kier molecular flexibility index (Phi) is 4.04. The van der Waals surface area contributed by atoms with Gasteiger partial charge >= 0.3 is 6.09 Å². The zero-order chi connectivity index (χ0) is 10.8. The molecule has 0 aromatic carbocycles. The maximum absolute atomic E-state index is 11.3. The summed E-state index contributed by atoms with van der Waals surface area (Å²) in [5, 5.41) is 2.87. The molecule has 0 heterocycles. The van der Waals surface area contributed by atoms with E-state index in [1.165, 1.54) is 4.43 Å². The van der Waals surface area contributed by atoms with Gasteiger partial charge in [-0.2, -0.15) is 0 Å². The lowest BCUT2D eigenvalue weighted by molar-refractivity contribution is 0.0460. The summed E-state index contributed by atoms with van der Waals surface area (Å²) in [5.41, 5.74) is -0.392. The van der Waals surface area contributed by atoms with Crippen LogP contribution in [0.3, 0.4) is 0 Å². The minimum atomic E-state index is -0.392. The Hall–Kier alpha value is 0. The number of amides is 1. The Balaban J connectivity index is 2.17. The molecule has 1 fully saturated rings. The highest BCUT2D eigenvalue weighted by Gasteiger charge is 2.30. The molecular formula is C10H18INO2. The number of carbonyl (C=O) groups is 1. The molecule has 1 aliphatic rings. The summed E-state index contributed by atoms with van der Waals surface area (Å²) in [7, 11) is 0. The molecule has 1 rings (SSSR count). The van der Waals surface area contributed by atoms with E-state index in [0.717, 1.165) is 18.8 Å². The molecular weight excluding hydrogens is 293 g/mol. The minimum Gasteiger partial charge on any atom is -0.444 e. The van der Waals surface area contributed by atoms with Crippen LogP contribution in [0.2, 0.25) is 0 Å². The second-order valence-corrected chi connectivity index (χ2v) is 5.72. The zero-order valence-electron chi connectivity index (χ0n) is 8.97. The summed E-state index contributed by atoms with van der Waals surface area (Å²) in [6.07, 6.45) is 1.92. The summed E-state index contributed by atoms with van der Waals surface area (Å²) in [5.74, 6) is 0.788. The smallest absolute Gasteiger partial charge is 0.407 e. The Morgan fingerprint density at radius 2 is 2.07 bits per heavy atom. The second kappa shape index (κ2) is 4.68. The fourth-order valence-electron chi connectivity index (χ4n) is 1.45. The summed E-state index contributed by atoms with van der Waals surface area (Å²) >= 11 is 2.39. The number of hydrogen-bond acceptors (Lipinski definition) is 2. The van der Waals surface area contributed by atoms with Crippen molar-refractivity contribution in [3.05, 3.63) is 0 Å². The number of rotatable bonds is 2. The van der Waals surface area contributed by atoms with Gasteiger partial charge in [0.25, 0.3) is 0 Å². The van der Waals surface area contributed by atoms with Crippen molar-refractivity contribution in [2.45, 2.75) is 45.3 Å². The number of carbonyl (C=O) groups excluding carboxylic acids is 1. The maximum atomic E-state index is 11.3. The van der Waals surface area contributed by atoms with Crippen molar-refractivity contribution in [2.75, 3.05) is 4.43 Å². The first-order valence-corrected chi connectivity index (χ1v) is 6.49. The van der Waals surface area contributed by atoms with Crippen LogP contribution in [0, 0.1) is 5.92 Å². The number of alkyl carbamates (subject to hydrolysis) is 1. The molecule has 1 N–H and O–H groups in total. The lowest BCUT2D eigenvalue weighted by atomic mass is 9.82. The van der Waals surface area contributed by atoms with Gasteiger partial charge in [-0.05, 0) is 39.5 Å². The molecule has 0 aromatic rings. The number of alkyl halides is 1. The molecule has 82 valence electrons. The van der Waals surface area contributed by atoms with Gasteiger partial charge in [0, 0.05) is 10.5 Å². The predicted molar refractivity (Wildman–Crippen MR) is 64.8 cm³/mol. The maximum Gasteiger partial charge on any atom is 0.407 e. The Labute approximate surface area is 99.1 Å². The van der Waals surface area contributed by atoms with E-state index in [4.69, 9.17) is 4.74 Å². The van der Waals surface area contributed by atoms with Crippen LogP contribution >= 0.6 is 22.6 Å². The van der Waals surface area contributed by atoms with Crippen molar-refractivity contribution < 1.29 is 9.53 Å². The van der Waals surface area contributed by atoms with Gasteiger partial charge in [-0.15, -0.1) is 0 Å². The average molecular weight is 311 g/mol. The first-order chi connectivity index (χ1) is 6.40. The number of hydrogen-bond donors (Lipinski definition) is 1. The van der Waals surface area contributed by atoms with Gasteiger partial charge in [0.05, 0.1) is 0 Å². The first kappa shape index (κ1) is 12.1. The van der Waals surface area contributed by atoms with Gasteiger partial charge in [0.2, 0.25) is 0 Å². The molecule has 4 heteroatoms. The third-order valence-corrected chi connectivity index (χ3v) is 3.42. The normalized spacial score (nSPS) is 26.6. The lowest BCUT2D eigenvalue weighted by Crippen LogP contribution is -2.46. The van der Waals surface area contributed by atoms with Gasteiger partial charge in [-0.3, -0.25) is 0 Å². The van der Waals surface area contributed by atoms with Crippen LogP contribution in [0.15, 0.2) is 0 Å². The standard InChI is InChI=1S/C10H18INO2/c1-10(2,3)14-9(13)12-8-4-7(5-8)6-11/h7-8H,4-6H2,1-3H3,(H,12,13)/t7-,8-. The van der Waals surface area contributed by atoms with Gasteiger partial charge in [0.15, 0.2) is 0 Å². The van der Waals surface area contributed by atoms with E-state index in [9.17, 15) is 4.79 Å². The molecule has 1 amide bonds. The fraction of sp³-hybridized carbons (Fsp3) is 0.900. The number of halogens is 1. The van der Waals surface area contributed by atoms with Crippen LogP contribution in [-0.2, 0) is 4.74 Å². The summed E-state index contributed by atoms with van der Waals surface area (Å²) in [6.45, 7) is 5.63. The zero-order valence-corrected chi connectivity index (χ0v) is 11.1. The topological polar surface area (TPSA) is 38.3 Å². The van der Waals surface area contributed by atoms with Gasteiger partial charge in [-0.25, -0.2) is 4.79 Å². The van der Waals surface area contributed by atoms with Crippen LogP contribution in [0.4, 0.5) is 4.79 Å². The Morgan fingerprint density at radius 1 is 1.50 bits per heavy atom. The molecule has 3 nitrogen and oxygen atoms in total. The van der Waals surface area contributed by atoms with E-state index in [2.05, 4.69) is 27.9 Å².